The van der Waals surface area contributed by atoms with E-state index in [1.165, 1.54) is 6.07 Å². The highest BCUT2D eigenvalue weighted by Gasteiger charge is 2.27. The van der Waals surface area contributed by atoms with E-state index in [1.807, 2.05) is 25.2 Å². The number of halogens is 1. The van der Waals surface area contributed by atoms with Gasteiger partial charge in [0.25, 0.3) is 5.91 Å². The molecule has 0 unspecified atom stereocenters. The van der Waals surface area contributed by atoms with Gasteiger partial charge in [0, 0.05) is 42.9 Å². The van der Waals surface area contributed by atoms with Gasteiger partial charge in [-0.1, -0.05) is 36.1 Å². The number of benzene rings is 2. The van der Waals surface area contributed by atoms with Gasteiger partial charge >= 0.3 is 0 Å². The predicted octanol–water partition coefficient (Wildman–Crippen LogP) is 3.68. The molecule has 2 aromatic rings. The second-order valence-electron chi connectivity index (χ2n) is 8.43. The Hall–Kier alpha value is -2.68. The third kappa shape index (κ3) is 5.91. The molecule has 30 heavy (non-hydrogen) atoms. The van der Waals surface area contributed by atoms with Crippen LogP contribution in [0, 0.1) is 17.7 Å². The minimum absolute atomic E-state index is 0.0559. The normalized spacial score (nSPS) is 17.2. The largest absolute Gasteiger partial charge is 0.378 e. The van der Waals surface area contributed by atoms with Gasteiger partial charge in [-0.25, -0.2) is 4.39 Å². The number of likely N-dealkylation sites (tertiary alicyclic amines) is 1. The van der Waals surface area contributed by atoms with Crippen molar-refractivity contribution in [2.24, 2.45) is 0 Å². The van der Waals surface area contributed by atoms with Crippen molar-refractivity contribution in [1.29, 1.82) is 0 Å². The Bertz CT molecular complexity index is 955. The molecule has 0 spiro atoms. The van der Waals surface area contributed by atoms with Crippen molar-refractivity contribution >= 4 is 5.91 Å². The zero-order valence-electron chi connectivity index (χ0n) is 17.9. The first kappa shape index (κ1) is 22.0. The minimum atomic E-state index is -1.08. The minimum Gasteiger partial charge on any atom is -0.378 e. The van der Waals surface area contributed by atoms with Crippen molar-refractivity contribution in [2.75, 3.05) is 20.1 Å². The molecule has 5 heteroatoms. The van der Waals surface area contributed by atoms with E-state index in [0.717, 1.165) is 25.9 Å². The van der Waals surface area contributed by atoms with E-state index in [9.17, 15) is 14.3 Å². The summed E-state index contributed by atoms with van der Waals surface area (Å²) in [5.41, 5.74) is 0.873. The van der Waals surface area contributed by atoms with Gasteiger partial charge in [0.1, 0.15) is 11.4 Å². The van der Waals surface area contributed by atoms with Gasteiger partial charge in [0.15, 0.2) is 0 Å². The molecule has 0 aliphatic carbocycles. The molecule has 1 aliphatic rings. The summed E-state index contributed by atoms with van der Waals surface area (Å²) in [4.78, 5) is 17.1. The fourth-order valence-corrected chi connectivity index (χ4v) is 3.68. The van der Waals surface area contributed by atoms with Crippen LogP contribution in [0.4, 0.5) is 4.39 Å². The lowest BCUT2D eigenvalue weighted by atomic mass is 10.0. The summed E-state index contributed by atoms with van der Waals surface area (Å²) in [5, 5.41) is 9.79. The molecule has 1 heterocycles. The Morgan fingerprint density at radius 3 is 2.77 bits per heavy atom. The predicted molar refractivity (Wildman–Crippen MR) is 116 cm³/mol. The number of hydrogen-bond acceptors (Lipinski definition) is 3. The lowest BCUT2D eigenvalue weighted by molar-refractivity contribution is 0.0608. The molecule has 3 rings (SSSR count). The van der Waals surface area contributed by atoms with Gasteiger partial charge in [0.2, 0.25) is 0 Å². The zero-order valence-corrected chi connectivity index (χ0v) is 17.9. The van der Waals surface area contributed by atoms with Crippen LogP contribution in [0.1, 0.15) is 48.2 Å². The molecule has 1 amide bonds. The third-order valence-electron chi connectivity index (χ3n) is 5.32. The van der Waals surface area contributed by atoms with Gasteiger partial charge < -0.3 is 10.0 Å². The fraction of sp³-hybridized carbons (Fsp3) is 0.400. The Morgan fingerprint density at radius 1 is 1.27 bits per heavy atom. The molecule has 1 N–H and O–H groups in total. The van der Waals surface area contributed by atoms with Crippen molar-refractivity contribution in [2.45, 2.75) is 44.9 Å². The topological polar surface area (TPSA) is 43.8 Å². The molecule has 1 saturated heterocycles. The Morgan fingerprint density at radius 2 is 2.03 bits per heavy atom. The number of carbonyl (C=O) groups excluding carboxylic acids is 1. The number of aliphatic hydroxyl groups is 1. The average molecular weight is 409 g/mol. The van der Waals surface area contributed by atoms with Crippen molar-refractivity contribution in [3.8, 4) is 11.8 Å². The first-order valence-electron chi connectivity index (χ1n) is 10.3. The summed E-state index contributed by atoms with van der Waals surface area (Å²) in [6.07, 6.45) is 1.89. The Kier molecular flexibility index (Phi) is 6.91. The van der Waals surface area contributed by atoms with E-state index >= 15 is 0 Å². The number of hydrogen-bond donors (Lipinski definition) is 1. The van der Waals surface area contributed by atoms with Gasteiger partial charge in [0.05, 0.1) is 0 Å². The van der Waals surface area contributed by atoms with Crippen LogP contribution < -0.4 is 0 Å². The number of amides is 1. The van der Waals surface area contributed by atoms with E-state index in [-0.39, 0.29) is 17.8 Å². The summed E-state index contributed by atoms with van der Waals surface area (Å²) in [6.45, 7) is 5.41. The number of carbonyl (C=O) groups is 1. The SMILES string of the molecule is CN(C(=O)c1cccc(C#CC(C)(C)O)c1)[C@H]1CCCN(Cc2ccccc2F)C1. The highest BCUT2D eigenvalue weighted by atomic mass is 19.1. The molecule has 1 atom stereocenters. The van der Waals surface area contributed by atoms with Crippen molar-refractivity contribution < 1.29 is 14.3 Å². The first-order valence-corrected chi connectivity index (χ1v) is 10.3. The van der Waals surface area contributed by atoms with E-state index in [4.69, 9.17) is 0 Å². The molecule has 1 fully saturated rings. The molecule has 0 bridgehead atoms. The third-order valence-corrected chi connectivity index (χ3v) is 5.32. The maximum absolute atomic E-state index is 14.0. The molecule has 2 aromatic carbocycles. The molecule has 0 saturated carbocycles. The fourth-order valence-electron chi connectivity index (χ4n) is 3.68. The van der Waals surface area contributed by atoms with Crippen LogP contribution in [0.15, 0.2) is 48.5 Å². The van der Waals surface area contributed by atoms with Crippen LogP contribution in [0.2, 0.25) is 0 Å². The van der Waals surface area contributed by atoms with Crippen molar-refractivity contribution in [3.05, 3.63) is 71.0 Å². The van der Waals surface area contributed by atoms with Crippen LogP contribution in [-0.2, 0) is 6.54 Å². The lowest BCUT2D eigenvalue weighted by Crippen LogP contribution is -2.48. The molecular weight excluding hydrogens is 379 g/mol. The number of rotatable bonds is 4. The van der Waals surface area contributed by atoms with Crippen LogP contribution in [0.5, 0.6) is 0 Å². The van der Waals surface area contributed by atoms with Crippen LogP contribution in [-0.4, -0.2) is 52.6 Å². The van der Waals surface area contributed by atoms with E-state index in [1.54, 1.807) is 43.0 Å². The average Bonchev–Trinajstić information content (AvgIpc) is 2.73. The smallest absolute Gasteiger partial charge is 0.253 e. The lowest BCUT2D eigenvalue weighted by Gasteiger charge is -2.37. The second-order valence-corrected chi connectivity index (χ2v) is 8.43. The molecular formula is C25H29FN2O2. The number of nitrogens with zero attached hydrogens (tertiary/aromatic N) is 2. The van der Waals surface area contributed by atoms with Crippen LogP contribution in [0.25, 0.3) is 0 Å². The highest BCUT2D eigenvalue weighted by molar-refractivity contribution is 5.94. The van der Waals surface area contributed by atoms with Crippen LogP contribution in [0.3, 0.4) is 0 Å². The maximum Gasteiger partial charge on any atom is 0.253 e. The highest BCUT2D eigenvalue weighted by Crippen LogP contribution is 2.20. The second kappa shape index (κ2) is 9.42. The zero-order chi connectivity index (χ0) is 21.7. The summed E-state index contributed by atoms with van der Waals surface area (Å²) in [7, 11) is 1.83. The molecule has 1 aliphatic heterocycles. The van der Waals surface area contributed by atoms with Crippen molar-refractivity contribution in [3.63, 3.8) is 0 Å². The Balaban J connectivity index is 1.68. The molecule has 4 nitrogen and oxygen atoms in total. The van der Waals surface area contributed by atoms with E-state index in [0.29, 0.717) is 23.2 Å². The van der Waals surface area contributed by atoms with Gasteiger partial charge in [-0.05, 0) is 57.5 Å². The molecule has 0 aromatic heterocycles. The summed E-state index contributed by atoms with van der Waals surface area (Å²) in [6, 6.07) is 14.1. The maximum atomic E-state index is 14.0. The van der Waals surface area contributed by atoms with Crippen LogP contribution >= 0.6 is 0 Å². The summed E-state index contributed by atoms with van der Waals surface area (Å²) in [5.74, 6) is 5.45. The van der Waals surface area contributed by atoms with Gasteiger partial charge in [-0.15, -0.1) is 0 Å². The first-order chi connectivity index (χ1) is 14.2. The quantitative estimate of drug-likeness (QED) is 0.785. The molecule has 158 valence electrons. The van der Waals surface area contributed by atoms with Gasteiger partial charge in [-0.2, -0.15) is 0 Å². The Labute approximate surface area is 178 Å². The summed E-state index contributed by atoms with van der Waals surface area (Å²) < 4.78 is 14.0. The van der Waals surface area contributed by atoms with Gasteiger partial charge in [-0.3, -0.25) is 9.69 Å². The van der Waals surface area contributed by atoms with E-state index < -0.39 is 5.60 Å². The number of piperidine rings is 1. The van der Waals surface area contributed by atoms with Crippen molar-refractivity contribution in [1.82, 2.24) is 9.80 Å². The molecule has 0 radical (unpaired) electrons. The number of likely N-dealkylation sites (N-methyl/N-ethyl adjacent to an activating group) is 1. The monoisotopic (exact) mass is 408 g/mol. The van der Waals surface area contributed by atoms with E-state index in [2.05, 4.69) is 16.7 Å². The summed E-state index contributed by atoms with van der Waals surface area (Å²) >= 11 is 0. The standard InChI is InChI=1S/C25H29FN2O2/c1-25(2,30)14-13-19-8-6-10-20(16-19)24(29)27(3)22-11-7-15-28(18-22)17-21-9-4-5-12-23(21)26/h4-6,8-10,12,16,22,30H,7,11,15,17-18H2,1-3H3/t22-/m0/s1.